The second-order valence-electron chi connectivity index (χ2n) is 4.79. The maximum Gasteiger partial charge on any atom is 0.206 e. The molecule has 3 aromatic rings. The number of aromatic amines is 1. The van der Waals surface area contributed by atoms with E-state index in [9.17, 15) is 0 Å². The van der Waals surface area contributed by atoms with Crippen LogP contribution in [-0.2, 0) is 7.05 Å². The third-order valence-electron chi connectivity index (χ3n) is 3.24. The summed E-state index contributed by atoms with van der Waals surface area (Å²) < 4.78 is 2.14. The highest BCUT2D eigenvalue weighted by Gasteiger charge is 2.15. The summed E-state index contributed by atoms with van der Waals surface area (Å²) in [7, 11) is 2.05. The first-order valence-corrected chi connectivity index (χ1v) is 6.00. The van der Waals surface area contributed by atoms with E-state index in [2.05, 4.69) is 58.3 Å². The number of aromatic nitrogens is 5. The highest BCUT2D eigenvalue weighted by Crippen LogP contribution is 2.32. The van der Waals surface area contributed by atoms with Crippen LogP contribution in [0.25, 0.3) is 22.3 Å². The Kier molecular flexibility index (Phi) is 2.40. The number of hydrogen-bond donors (Lipinski definition) is 1. The number of para-hydroxylation sites is 1. The summed E-state index contributed by atoms with van der Waals surface area (Å²) in [5.74, 6) is 1.13. The lowest BCUT2D eigenvalue weighted by atomic mass is 10.0. The zero-order chi connectivity index (χ0) is 12.7. The Morgan fingerprint density at radius 2 is 2.11 bits per heavy atom. The number of rotatable bonds is 2. The highest BCUT2D eigenvalue weighted by molar-refractivity contribution is 5.95. The lowest BCUT2D eigenvalue weighted by Crippen LogP contribution is -1.89. The van der Waals surface area contributed by atoms with Crippen molar-refractivity contribution in [2.24, 2.45) is 7.05 Å². The number of hydrogen-bond acceptors (Lipinski definition) is 3. The molecule has 0 radical (unpaired) electrons. The largest absolute Gasteiger partial charge is 0.350 e. The molecule has 2 heterocycles. The molecule has 0 bridgehead atoms. The summed E-state index contributed by atoms with van der Waals surface area (Å²) in [5.41, 5.74) is 3.51. The fourth-order valence-corrected chi connectivity index (χ4v) is 2.42. The van der Waals surface area contributed by atoms with Crippen molar-refractivity contribution in [2.75, 3.05) is 0 Å². The van der Waals surface area contributed by atoms with Gasteiger partial charge in [0.25, 0.3) is 0 Å². The van der Waals surface area contributed by atoms with E-state index in [4.69, 9.17) is 0 Å². The van der Waals surface area contributed by atoms with Crippen LogP contribution in [0.4, 0.5) is 0 Å². The molecule has 0 saturated heterocycles. The Morgan fingerprint density at radius 3 is 2.78 bits per heavy atom. The van der Waals surface area contributed by atoms with Crippen LogP contribution in [-0.4, -0.2) is 25.2 Å². The van der Waals surface area contributed by atoms with Gasteiger partial charge in [0.1, 0.15) is 0 Å². The van der Waals surface area contributed by atoms with Gasteiger partial charge in [0.05, 0.1) is 5.52 Å². The smallest absolute Gasteiger partial charge is 0.206 e. The molecule has 5 nitrogen and oxygen atoms in total. The monoisotopic (exact) mass is 241 g/mol. The molecule has 0 atom stereocenters. The summed E-state index contributed by atoms with van der Waals surface area (Å²) in [6, 6.07) is 6.21. The quantitative estimate of drug-likeness (QED) is 0.749. The fraction of sp³-hybridized carbons (Fsp3) is 0.308. The van der Waals surface area contributed by atoms with Crippen LogP contribution >= 0.6 is 0 Å². The molecule has 0 saturated carbocycles. The Balaban J connectivity index is 2.35. The first-order valence-electron chi connectivity index (χ1n) is 6.00. The predicted octanol–water partition coefficient (Wildman–Crippen LogP) is 2.48. The average molecular weight is 241 g/mol. The summed E-state index contributed by atoms with van der Waals surface area (Å²) in [6.45, 7) is 4.41. The molecule has 0 spiro atoms. The van der Waals surface area contributed by atoms with Gasteiger partial charge >= 0.3 is 0 Å². The van der Waals surface area contributed by atoms with E-state index in [1.165, 1.54) is 10.9 Å². The molecule has 0 aliphatic heterocycles. The molecule has 1 N–H and O–H groups in total. The second kappa shape index (κ2) is 3.94. The van der Waals surface area contributed by atoms with Gasteiger partial charge in [-0.05, 0) is 22.8 Å². The SMILES string of the molecule is CC(C)c1cn(C)c2c(-c3nn[nH]n3)cccc12. The number of nitrogens with one attached hydrogen (secondary N) is 1. The molecule has 3 rings (SSSR count). The molecule has 0 aliphatic rings. The standard InChI is InChI=1S/C13H15N5/c1-8(2)11-7-18(3)12-9(11)5-4-6-10(12)13-14-16-17-15-13/h4-8H,1-3H3,(H,14,15,16,17). The molecule has 0 amide bonds. The van der Waals surface area contributed by atoms with Crippen molar-refractivity contribution in [1.82, 2.24) is 25.2 Å². The third-order valence-corrected chi connectivity index (χ3v) is 3.24. The van der Waals surface area contributed by atoms with E-state index in [-0.39, 0.29) is 0 Å². The number of fused-ring (bicyclic) bond motifs is 1. The maximum atomic E-state index is 4.07. The summed E-state index contributed by atoms with van der Waals surface area (Å²) in [6.07, 6.45) is 2.18. The van der Waals surface area contributed by atoms with Gasteiger partial charge < -0.3 is 4.57 Å². The molecule has 5 heteroatoms. The minimum absolute atomic E-state index is 0.495. The van der Waals surface area contributed by atoms with Crippen LogP contribution in [0.2, 0.25) is 0 Å². The second-order valence-corrected chi connectivity index (χ2v) is 4.79. The Hall–Kier alpha value is -2.17. The van der Waals surface area contributed by atoms with Crippen molar-refractivity contribution in [3.05, 3.63) is 30.0 Å². The number of nitrogens with zero attached hydrogens (tertiary/aromatic N) is 4. The lowest BCUT2D eigenvalue weighted by molar-refractivity contribution is 0.857. The van der Waals surface area contributed by atoms with Crippen molar-refractivity contribution in [1.29, 1.82) is 0 Å². The number of benzene rings is 1. The predicted molar refractivity (Wildman–Crippen MR) is 70.2 cm³/mol. The van der Waals surface area contributed by atoms with E-state index in [1.54, 1.807) is 0 Å². The Bertz CT molecular complexity index is 679. The van der Waals surface area contributed by atoms with Crippen LogP contribution < -0.4 is 0 Å². The van der Waals surface area contributed by atoms with Gasteiger partial charge in [-0.3, -0.25) is 0 Å². The van der Waals surface area contributed by atoms with Crippen molar-refractivity contribution in [3.63, 3.8) is 0 Å². The molecule has 0 fully saturated rings. The number of aryl methyl sites for hydroxylation is 1. The zero-order valence-corrected chi connectivity index (χ0v) is 10.7. The van der Waals surface area contributed by atoms with E-state index in [0.29, 0.717) is 11.7 Å². The van der Waals surface area contributed by atoms with Crippen molar-refractivity contribution in [2.45, 2.75) is 19.8 Å². The van der Waals surface area contributed by atoms with E-state index >= 15 is 0 Å². The van der Waals surface area contributed by atoms with Crippen LogP contribution in [0.3, 0.4) is 0 Å². The van der Waals surface area contributed by atoms with Crippen molar-refractivity contribution in [3.8, 4) is 11.4 Å². The van der Waals surface area contributed by atoms with Crippen LogP contribution in [0.5, 0.6) is 0 Å². The van der Waals surface area contributed by atoms with Gasteiger partial charge in [0.15, 0.2) is 0 Å². The number of tetrazole rings is 1. The van der Waals surface area contributed by atoms with Crippen molar-refractivity contribution >= 4 is 10.9 Å². The van der Waals surface area contributed by atoms with Gasteiger partial charge in [0, 0.05) is 24.2 Å². The van der Waals surface area contributed by atoms with Crippen LogP contribution in [0, 0.1) is 0 Å². The van der Waals surface area contributed by atoms with E-state index in [0.717, 1.165) is 11.1 Å². The molecule has 18 heavy (non-hydrogen) atoms. The van der Waals surface area contributed by atoms with Gasteiger partial charge in [-0.1, -0.05) is 26.0 Å². The van der Waals surface area contributed by atoms with E-state index in [1.807, 2.05) is 12.1 Å². The number of H-pyrrole nitrogens is 1. The normalized spacial score (nSPS) is 11.6. The minimum Gasteiger partial charge on any atom is -0.350 e. The molecule has 92 valence electrons. The fourth-order valence-electron chi connectivity index (χ4n) is 2.42. The molecule has 2 aromatic heterocycles. The van der Waals surface area contributed by atoms with Crippen LogP contribution in [0.15, 0.2) is 24.4 Å². The third kappa shape index (κ3) is 1.51. The van der Waals surface area contributed by atoms with Gasteiger partial charge in [-0.2, -0.15) is 5.21 Å². The Labute approximate surface area is 105 Å². The molecule has 0 unspecified atom stereocenters. The average Bonchev–Trinajstić information content (AvgIpc) is 2.97. The Morgan fingerprint density at radius 1 is 1.28 bits per heavy atom. The summed E-state index contributed by atoms with van der Waals surface area (Å²) in [5, 5.41) is 15.5. The molecule has 0 aliphatic carbocycles. The van der Waals surface area contributed by atoms with E-state index < -0.39 is 0 Å². The van der Waals surface area contributed by atoms with Gasteiger partial charge in [-0.25, -0.2) is 0 Å². The molecular formula is C13H15N5. The first-order chi connectivity index (χ1) is 8.68. The van der Waals surface area contributed by atoms with Gasteiger partial charge in [0.2, 0.25) is 5.82 Å². The topological polar surface area (TPSA) is 59.4 Å². The van der Waals surface area contributed by atoms with Crippen LogP contribution in [0.1, 0.15) is 25.3 Å². The molecule has 1 aromatic carbocycles. The van der Waals surface area contributed by atoms with Gasteiger partial charge in [-0.15, -0.1) is 10.2 Å². The first kappa shape index (κ1) is 11.0. The maximum absolute atomic E-state index is 4.07. The lowest BCUT2D eigenvalue weighted by Gasteiger charge is -2.03. The summed E-state index contributed by atoms with van der Waals surface area (Å²) in [4.78, 5) is 0. The highest BCUT2D eigenvalue weighted by atomic mass is 15.5. The van der Waals surface area contributed by atoms with Crippen molar-refractivity contribution < 1.29 is 0 Å². The summed E-state index contributed by atoms with van der Waals surface area (Å²) >= 11 is 0. The molecular weight excluding hydrogens is 226 g/mol. The minimum atomic E-state index is 0.495. The zero-order valence-electron chi connectivity index (χ0n) is 10.7.